The summed E-state index contributed by atoms with van der Waals surface area (Å²) in [6, 6.07) is 6.82. The lowest BCUT2D eigenvalue weighted by Crippen LogP contribution is -2.21. The second-order valence-electron chi connectivity index (χ2n) is 2.37. The Kier molecular flexibility index (Phi) is 2.81. The minimum Gasteiger partial charge on any atom is -0.293 e. The summed E-state index contributed by atoms with van der Waals surface area (Å²) in [5, 5.41) is 0. The average molecular weight is 225 g/mol. The fourth-order valence-electron chi connectivity index (χ4n) is 0.683. The second kappa shape index (κ2) is 3.58. The van der Waals surface area contributed by atoms with E-state index in [2.05, 4.69) is 4.36 Å². The van der Waals surface area contributed by atoms with E-state index in [4.69, 9.17) is 4.55 Å². The topological polar surface area (TPSA) is 49.7 Å². The average Bonchev–Trinajstić information content (AvgIpc) is 2.03. The van der Waals surface area contributed by atoms with Crippen molar-refractivity contribution in [3.8, 4) is 0 Å². The Labute approximate surface area is 78.6 Å². The van der Waals surface area contributed by atoms with Crippen LogP contribution < -0.4 is 0 Å². The summed E-state index contributed by atoms with van der Waals surface area (Å²) in [5.41, 5.74) is -5.42. The van der Waals surface area contributed by atoms with Crippen LogP contribution in [-0.2, 0) is 10.0 Å². The van der Waals surface area contributed by atoms with Gasteiger partial charge in [-0.2, -0.15) is 17.5 Å². The zero-order valence-corrected chi connectivity index (χ0v) is 7.55. The number of alkyl halides is 3. The molecule has 14 heavy (non-hydrogen) atoms. The highest BCUT2D eigenvalue weighted by atomic mass is 32.2. The molecule has 0 saturated carbocycles. The molecule has 1 aromatic rings. The summed E-state index contributed by atoms with van der Waals surface area (Å²) in [6.07, 6.45) is 0. The molecule has 0 radical (unpaired) electrons. The molecule has 0 aliphatic carbocycles. The van der Waals surface area contributed by atoms with Crippen LogP contribution >= 0.6 is 0 Å². The van der Waals surface area contributed by atoms with Gasteiger partial charge in [-0.1, -0.05) is 18.2 Å². The van der Waals surface area contributed by atoms with Gasteiger partial charge in [0.1, 0.15) is 0 Å². The van der Waals surface area contributed by atoms with E-state index in [9.17, 15) is 17.4 Å². The standard InChI is InChI=1S/C7H6F3NO2S/c8-7(9,10)14(12,13)11-6-4-2-1-3-5-6/h1-5H,(H,11,12,13). The van der Waals surface area contributed by atoms with Crippen LogP contribution in [0.3, 0.4) is 0 Å². The lowest BCUT2D eigenvalue weighted by Gasteiger charge is -2.05. The third-order valence-electron chi connectivity index (χ3n) is 1.29. The highest BCUT2D eigenvalue weighted by Gasteiger charge is 2.42. The van der Waals surface area contributed by atoms with Gasteiger partial charge in [-0.05, 0) is 12.1 Å². The van der Waals surface area contributed by atoms with Crippen LogP contribution in [0.2, 0.25) is 0 Å². The first kappa shape index (κ1) is 11.0. The van der Waals surface area contributed by atoms with Gasteiger partial charge in [-0.3, -0.25) is 4.55 Å². The van der Waals surface area contributed by atoms with Gasteiger partial charge in [0.25, 0.3) is 10.0 Å². The van der Waals surface area contributed by atoms with Crippen LogP contribution in [0.25, 0.3) is 0 Å². The minimum absolute atomic E-state index is 0.183. The lowest BCUT2D eigenvalue weighted by atomic mass is 10.3. The monoisotopic (exact) mass is 225 g/mol. The molecule has 0 aromatic heterocycles. The van der Waals surface area contributed by atoms with Crippen molar-refractivity contribution in [1.82, 2.24) is 0 Å². The summed E-state index contributed by atoms with van der Waals surface area (Å²) >= 11 is 0. The van der Waals surface area contributed by atoms with Crippen molar-refractivity contribution < 1.29 is 21.9 Å². The SMILES string of the molecule is O=S(O)(=Nc1ccccc1)C(F)(F)F. The van der Waals surface area contributed by atoms with Crippen LogP contribution in [-0.4, -0.2) is 14.3 Å². The van der Waals surface area contributed by atoms with Crippen LogP contribution in [0.5, 0.6) is 0 Å². The number of hydrogen-bond donors (Lipinski definition) is 1. The highest BCUT2D eigenvalue weighted by molar-refractivity contribution is 7.89. The quantitative estimate of drug-likeness (QED) is 0.798. The van der Waals surface area contributed by atoms with E-state index in [1.165, 1.54) is 24.3 Å². The Morgan fingerprint density at radius 3 is 2.14 bits per heavy atom. The van der Waals surface area contributed by atoms with Gasteiger partial charge in [0.05, 0.1) is 5.69 Å². The van der Waals surface area contributed by atoms with Crippen LogP contribution in [0.15, 0.2) is 34.7 Å². The van der Waals surface area contributed by atoms with Gasteiger partial charge in [0.15, 0.2) is 0 Å². The van der Waals surface area contributed by atoms with Crippen molar-refractivity contribution >= 4 is 15.7 Å². The molecule has 0 spiro atoms. The van der Waals surface area contributed by atoms with Crippen molar-refractivity contribution in [1.29, 1.82) is 0 Å². The molecule has 1 atom stereocenters. The van der Waals surface area contributed by atoms with Gasteiger partial charge in [0.2, 0.25) is 0 Å². The zero-order chi connectivity index (χ0) is 10.8. The van der Waals surface area contributed by atoms with Gasteiger partial charge < -0.3 is 0 Å². The summed E-state index contributed by atoms with van der Waals surface area (Å²) in [4.78, 5) is 0. The molecule has 0 fully saturated rings. The molecule has 3 nitrogen and oxygen atoms in total. The predicted octanol–water partition coefficient (Wildman–Crippen LogP) is 2.78. The van der Waals surface area contributed by atoms with Gasteiger partial charge in [-0.15, -0.1) is 0 Å². The van der Waals surface area contributed by atoms with Crippen molar-refractivity contribution in [2.75, 3.05) is 0 Å². The number of rotatable bonds is 1. The maximum Gasteiger partial charge on any atom is 0.504 e. The zero-order valence-electron chi connectivity index (χ0n) is 6.73. The fraction of sp³-hybridized carbons (Fsp3) is 0.143. The van der Waals surface area contributed by atoms with Crippen molar-refractivity contribution in [3.05, 3.63) is 30.3 Å². The number of nitrogens with zero attached hydrogens (tertiary/aromatic N) is 1. The van der Waals surface area contributed by atoms with E-state index in [1.807, 2.05) is 0 Å². The summed E-state index contributed by atoms with van der Waals surface area (Å²) in [5.74, 6) is 0. The van der Waals surface area contributed by atoms with Gasteiger partial charge >= 0.3 is 5.51 Å². The molecular formula is C7H6F3NO2S. The number of benzene rings is 1. The largest absolute Gasteiger partial charge is 0.504 e. The first-order valence-electron chi connectivity index (χ1n) is 3.44. The molecule has 0 heterocycles. The smallest absolute Gasteiger partial charge is 0.293 e. The first-order valence-corrected chi connectivity index (χ1v) is 4.91. The van der Waals surface area contributed by atoms with E-state index in [0.29, 0.717) is 0 Å². The minimum atomic E-state index is -5.23. The molecule has 1 N–H and O–H groups in total. The first-order chi connectivity index (χ1) is 6.33. The second-order valence-corrected chi connectivity index (χ2v) is 4.01. The van der Waals surface area contributed by atoms with Crippen LogP contribution in [0.1, 0.15) is 0 Å². The molecule has 78 valence electrons. The Balaban J connectivity index is 3.18. The lowest BCUT2D eigenvalue weighted by molar-refractivity contribution is -0.0468. The third kappa shape index (κ3) is 2.46. The normalized spacial score (nSPS) is 16.0. The van der Waals surface area contributed by atoms with Crippen LogP contribution in [0.4, 0.5) is 18.9 Å². The van der Waals surface area contributed by atoms with Crippen molar-refractivity contribution in [2.24, 2.45) is 4.36 Å². The molecule has 1 aromatic carbocycles. The van der Waals surface area contributed by atoms with Crippen molar-refractivity contribution in [2.45, 2.75) is 5.51 Å². The van der Waals surface area contributed by atoms with Crippen molar-refractivity contribution in [3.63, 3.8) is 0 Å². The summed E-state index contributed by atoms with van der Waals surface area (Å²) in [7, 11) is -5.18. The van der Waals surface area contributed by atoms with E-state index in [-0.39, 0.29) is 5.69 Å². The van der Waals surface area contributed by atoms with E-state index < -0.39 is 15.5 Å². The van der Waals surface area contributed by atoms with Crippen LogP contribution in [0, 0.1) is 0 Å². The molecule has 0 saturated heterocycles. The Hall–Kier alpha value is -1.08. The molecule has 1 rings (SSSR count). The molecule has 0 aliphatic rings. The Bertz CT molecular complexity index is 420. The molecule has 7 heteroatoms. The van der Waals surface area contributed by atoms with Gasteiger partial charge in [-0.25, -0.2) is 4.21 Å². The molecule has 0 amide bonds. The number of hydrogen-bond acceptors (Lipinski definition) is 2. The molecule has 0 bridgehead atoms. The summed E-state index contributed by atoms with van der Waals surface area (Å²) in [6.45, 7) is 0. The van der Waals surface area contributed by atoms with E-state index in [1.54, 1.807) is 6.07 Å². The maximum atomic E-state index is 11.9. The predicted molar refractivity (Wildman–Crippen MR) is 45.4 cm³/mol. The summed E-state index contributed by atoms with van der Waals surface area (Å²) < 4.78 is 57.6. The molecule has 1 unspecified atom stereocenters. The fourth-order valence-corrected chi connectivity index (χ4v) is 1.19. The Morgan fingerprint density at radius 2 is 1.71 bits per heavy atom. The highest BCUT2D eigenvalue weighted by Crippen LogP contribution is 2.27. The number of halogens is 3. The van der Waals surface area contributed by atoms with Gasteiger partial charge in [0, 0.05) is 0 Å². The van der Waals surface area contributed by atoms with E-state index in [0.717, 1.165) is 0 Å². The maximum absolute atomic E-state index is 11.9. The molecule has 0 aliphatic heterocycles. The third-order valence-corrected chi connectivity index (χ3v) is 2.35. The Morgan fingerprint density at radius 1 is 1.21 bits per heavy atom. The molecular weight excluding hydrogens is 219 g/mol. The van der Waals surface area contributed by atoms with E-state index >= 15 is 0 Å².